The molecule has 3 rings (SSSR count). The quantitative estimate of drug-likeness (QED) is 0.579. The van der Waals surface area contributed by atoms with E-state index in [1.165, 1.54) is 4.90 Å². The third kappa shape index (κ3) is 5.48. The highest BCUT2D eigenvalue weighted by Gasteiger charge is 2.35. The minimum Gasteiger partial charge on any atom is -0.340 e. The summed E-state index contributed by atoms with van der Waals surface area (Å²) >= 11 is 5.88. The van der Waals surface area contributed by atoms with E-state index >= 15 is 0 Å². The lowest BCUT2D eigenvalue weighted by atomic mass is 10.1. The standard InChI is InChI=1S/C21H20ClF3N2O4S/c22-17-7-6-16(21(23,24)25)14-19(17)32(30,31)27-12-10-26(11-13-27)20(29)9-8-18(28)15-4-2-1-3-5-15/h1-7,14H,8-13H2. The van der Waals surface area contributed by atoms with Crippen LogP contribution in [0.3, 0.4) is 0 Å². The molecule has 0 aliphatic carbocycles. The van der Waals surface area contributed by atoms with Gasteiger partial charge in [0.05, 0.1) is 10.6 Å². The number of sulfonamides is 1. The Morgan fingerprint density at radius 3 is 2.16 bits per heavy atom. The molecule has 0 bridgehead atoms. The van der Waals surface area contributed by atoms with Crippen molar-refractivity contribution in [2.24, 2.45) is 0 Å². The monoisotopic (exact) mass is 488 g/mol. The van der Waals surface area contributed by atoms with Crippen molar-refractivity contribution in [3.8, 4) is 0 Å². The Morgan fingerprint density at radius 1 is 0.938 bits per heavy atom. The molecule has 2 aromatic rings. The summed E-state index contributed by atoms with van der Waals surface area (Å²) in [5.41, 5.74) is -0.605. The predicted octanol–water partition coefficient (Wildman–Crippen LogP) is 3.85. The second kappa shape index (κ2) is 9.60. The molecule has 0 aromatic heterocycles. The molecule has 172 valence electrons. The molecule has 0 saturated carbocycles. The van der Waals surface area contributed by atoms with E-state index in [9.17, 15) is 31.2 Å². The van der Waals surface area contributed by atoms with Crippen LogP contribution in [0, 0.1) is 0 Å². The van der Waals surface area contributed by atoms with E-state index in [1.54, 1.807) is 30.3 Å². The first-order valence-electron chi connectivity index (χ1n) is 9.73. The van der Waals surface area contributed by atoms with E-state index in [0.717, 1.165) is 10.4 Å². The summed E-state index contributed by atoms with van der Waals surface area (Å²) in [6.45, 7) is -0.0527. The van der Waals surface area contributed by atoms with Crippen molar-refractivity contribution in [3.63, 3.8) is 0 Å². The van der Waals surface area contributed by atoms with Gasteiger partial charge in [-0.2, -0.15) is 17.5 Å². The third-order valence-corrected chi connectivity index (χ3v) is 7.51. The maximum Gasteiger partial charge on any atom is 0.416 e. The molecule has 1 heterocycles. The topological polar surface area (TPSA) is 74.8 Å². The van der Waals surface area contributed by atoms with Crippen molar-refractivity contribution in [1.29, 1.82) is 0 Å². The largest absolute Gasteiger partial charge is 0.416 e. The average molecular weight is 489 g/mol. The number of carbonyl (C=O) groups excluding carboxylic acids is 2. The molecule has 1 fully saturated rings. The molecule has 1 aliphatic heterocycles. The van der Waals surface area contributed by atoms with Gasteiger partial charge in [-0.1, -0.05) is 41.9 Å². The van der Waals surface area contributed by atoms with Crippen molar-refractivity contribution in [2.75, 3.05) is 26.2 Å². The zero-order valence-corrected chi connectivity index (χ0v) is 18.4. The molecule has 0 atom stereocenters. The Balaban J connectivity index is 1.61. The molecule has 0 unspecified atom stereocenters. The van der Waals surface area contributed by atoms with Crippen molar-refractivity contribution >= 4 is 33.3 Å². The number of hydrogen-bond donors (Lipinski definition) is 0. The van der Waals surface area contributed by atoms with Gasteiger partial charge in [-0.3, -0.25) is 9.59 Å². The van der Waals surface area contributed by atoms with Crippen LogP contribution in [-0.2, 0) is 21.0 Å². The lowest BCUT2D eigenvalue weighted by Crippen LogP contribution is -2.50. The van der Waals surface area contributed by atoms with Gasteiger partial charge in [-0.05, 0) is 18.2 Å². The normalized spacial score (nSPS) is 15.6. The average Bonchev–Trinajstić information content (AvgIpc) is 2.77. The zero-order valence-electron chi connectivity index (χ0n) is 16.8. The summed E-state index contributed by atoms with van der Waals surface area (Å²) in [5.74, 6) is -0.456. The fourth-order valence-corrected chi connectivity index (χ4v) is 5.26. The number of carbonyl (C=O) groups is 2. The highest BCUT2D eigenvalue weighted by atomic mass is 35.5. The summed E-state index contributed by atoms with van der Waals surface area (Å²) in [4.78, 5) is 25.4. The van der Waals surface area contributed by atoms with Gasteiger partial charge in [0.2, 0.25) is 15.9 Å². The van der Waals surface area contributed by atoms with Gasteiger partial charge in [0.25, 0.3) is 0 Å². The van der Waals surface area contributed by atoms with E-state index in [1.807, 2.05) is 0 Å². The van der Waals surface area contributed by atoms with Crippen molar-refractivity contribution in [1.82, 2.24) is 9.21 Å². The first kappa shape index (κ1) is 24.2. The van der Waals surface area contributed by atoms with Crippen LogP contribution >= 0.6 is 11.6 Å². The number of rotatable bonds is 6. The Hall–Kier alpha value is -2.43. The van der Waals surface area contributed by atoms with Gasteiger partial charge in [-0.25, -0.2) is 8.42 Å². The predicted molar refractivity (Wildman–Crippen MR) is 112 cm³/mol. The van der Waals surface area contributed by atoms with E-state index in [4.69, 9.17) is 11.6 Å². The SMILES string of the molecule is O=C(CCC(=O)N1CCN(S(=O)(=O)c2cc(C(F)(F)F)ccc2Cl)CC1)c1ccccc1. The van der Waals surface area contributed by atoms with Gasteiger partial charge < -0.3 is 4.90 Å². The van der Waals surface area contributed by atoms with Crippen molar-refractivity contribution < 1.29 is 31.2 Å². The molecule has 1 aliphatic rings. The smallest absolute Gasteiger partial charge is 0.340 e. The van der Waals surface area contributed by atoms with E-state index < -0.39 is 26.7 Å². The molecular weight excluding hydrogens is 469 g/mol. The van der Waals surface area contributed by atoms with Crippen LogP contribution < -0.4 is 0 Å². The number of amides is 1. The maximum atomic E-state index is 13.0. The van der Waals surface area contributed by atoms with E-state index in [2.05, 4.69) is 0 Å². The van der Waals surface area contributed by atoms with Crippen LogP contribution in [0.1, 0.15) is 28.8 Å². The number of benzene rings is 2. The van der Waals surface area contributed by atoms with Crippen LogP contribution in [0.2, 0.25) is 5.02 Å². The summed E-state index contributed by atoms with van der Waals surface area (Å²) in [7, 11) is -4.28. The molecule has 1 saturated heterocycles. The fraction of sp³-hybridized carbons (Fsp3) is 0.333. The molecule has 0 N–H and O–H groups in total. The van der Waals surface area contributed by atoms with Crippen LogP contribution in [0.25, 0.3) is 0 Å². The second-order valence-electron chi connectivity index (χ2n) is 7.22. The molecule has 2 aromatic carbocycles. The zero-order chi connectivity index (χ0) is 23.5. The molecule has 6 nitrogen and oxygen atoms in total. The molecule has 1 amide bonds. The fourth-order valence-electron chi connectivity index (χ4n) is 3.34. The first-order chi connectivity index (χ1) is 15.0. The van der Waals surface area contributed by atoms with Crippen molar-refractivity contribution in [2.45, 2.75) is 23.9 Å². The highest BCUT2D eigenvalue weighted by Crippen LogP contribution is 2.34. The summed E-state index contributed by atoms with van der Waals surface area (Å²) < 4.78 is 65.7. The van der Waals surface area contributed by atoms with Gasteiger partial charge in [-0.15, -0.1) is 0 Å². The molecule has 0 radical (unpaired) electrons. The Labute approximate surface area is 188 Å². The van der Waals surface area contributed by atoms with Gasteiger partial charge in [0.15, 0.2) is 5.78 Å². The van der Waals surface area contributed by atoms with Crippen LogP contribution in [-0.4, -0.2) is 55.5 Å². The van der Waals surface area contributed by atoms with Crippen LogP contribution in [0.5, 0.6) is 0 Å². The maximum absolute atomic E-state index is 13.0. The number of ketones is 1. The summed E-state index contributed by atoms with van der Waals surface area (Å²) in [6.07, 6.45) is -4.70. The molecule has 11 heteroatoms. The second-order valence-corrected chi connectivity index (χ2v) is 9.53. The minimum absolute atomic E-state index is 0.0140. The number of alkyl halides is 3. The first-order valence-corrected chi connectivity index (χ1v) is 11.5. The van der Waals surface area contributed by atoms with Crippen LogP contribution in [0.15, 0.2) is 53.4 Å². The lowest BCUT2D eigenvalue weighted by Gasteiger charge is -2.34. The number of nitrogens with zero attached hydrogens (tertiary/aromatic N) is 2. The third-order valence-electron chi connectivity index (χ3n) is 5.13. The summed E-state index contributed by atoms with van der Waals surface area (Å²) in [5, 5.41) is -0.309. The number of Topliss-reactive ketones (excluding diaryl/α,β-unsaturated/α-hetero) is 1. The van der Waals surface area contributed by atoms with Gasteiger partial charge >= 0.3 is 6.18 Å². The van der Waals surface area contributed by atoms with Gasteiger partial charge in [0, 0.05) is 44.6 Å². The molecule has 32 heavy (non-hydrogen) atoms. The molecular formula is C21H20ClF3N2O4S. The minimum atomic E-state index is -4.71. The van der Waals surface area contributed by atoms with Crippen LogP contribution in [0.4, 0.5) is 13.2 Å². The molecule has 0 spiro atoms. The Kier molecular flexibility index (Phi) is 7.26. The Morgan fingerprint density at radius 2 is 1.56 bits per heavy atom. The number of hydrogen-bond acceptors (Lipinski definition) is 4. The Bertz CT molecular complexity index is 1100. The number of piperazine rings is 1. The van der Waals surface area contributed by atoms with E-state index in [0.29, 0.717) is 17.7 Å². The van der Waals surface area contributed by atoms with E-state index in [-0.39, 0.29) is 55.7 Å². The summed E-state index contributed by atoms with van der Waals surface area (Å²) in [6, 6.07) is 10.7. The highest BCUT2D eigenvalue weighted by molar-refractivity contribution is 7.89. The van der Waals surface area contributed by atoms with Crippen molar-refractivity contribution in [3.05, 3.63) is 64.7 Å². The lowest BCUT2D eigenvalue weighted by molar-refractivity contribution is -0.137. The number of halogens is 4. The van der Waals surface area contributed by atoms with Gasteiger partial charge in [0.1, 0.15) is 4.90 Å².